The van der Waals surface area contributed by atoms with Gasteiger partial charge in [-0.3, -0.25) is 0 Å². The van der Waals surface area contributed by atoms with Gasteiger partial charge in [-0.2, -0.15) is 0 Å². The molecule has 0 atom stereocenters. The van der Waals surface area contributed by atoms with Gasteiger partial charge in [-0.1, -0.05) is 17.9 Å². The summed E-state index contributed by atoms with van der Waals surface area (Å²) in [5.41, 5.74) is 1.96. The van der Waals surface area contributed by atoms with Crippen LogP contribution in [0.1, 0.15) is 16.0 Å². The Balaban J connectivity index is 1.53. The Bertz CT molecular complexity index is 681. The van der Waals surface area contributed by atoms with Crippen LogP contribution in [0.3, 0.4) is 0 Å². The van der Waals surface area contributed by atoms with E-state index in [0.29, 0.717) is 13.2 Å². The highest BCUT2D eigenvalue weighted by molar-refractivity contribution is 7.10. The second-order valence-corrected chi connectivity index (χ2v) is 5.44. The Hall–Kier alpha value is -2.00. The van der Waals surface area contributed by atoms with Crippen molar-refractivity contribution in [3.8, 4) is 23.3 Å². The van der Waals surface area contributed by atoms with Gasteiger partial charge in [-0.15, -0.1) is 11.3 Å². The minimum Gasteiger partial charge on any atom is -0.454 e. The predicted octanol–water partition coefficient (Wildman–Crippen LogP) is 2.54. The summed E-state index contributed by atoms with van der Waals surface area (Å²) in [7, 11) is 0. The maximum atomic E-state index is 8.65. The zero-order valence-electron chi connectivity index (χ0n) is 11.3. The van der Waals surface area contributed by atoms with Crippen molar-refractivity contribution in [3.63, 3.8) is 0 Å². The smallest absolute Gasteiger partial charge is 0.231 e. The molecular weight excluding hydrogens is 288 g/mol. The Morgan fingerprint density at radius 1 is 1.19 bits per heavy atom. The van der Waals surface area contributed by atoms with Gasteiger partial charge in [0.2, 0.25) is 6.79 Å². The lowest BCUT2D eigenvalue weighted by Gasteiger charge is -2.04. The van der Waals surface area contributed by atoms with E-state index in [0.717, 1.165) is 27.5 Å². The molecular formula is C16H14O4S. The first-order valence-electron chi connectivity index (χ1n) is 6.48. The molecule has 21 heavy (non-hydrogen) atoms. The fraction of sp³-hybridized carbons (Fsp3) is 0.250. The number of rotatable bonds is 4. The van der Waals surface area contributed by atoms with Crippen LogP contribution in [-0.2, 0) is 18.0 Å². The molecule has 0 unspecified atom stereocenters. The van der Waals surface area contributed by atoms with Crippen LogP contribution < -0.4 is 9.47 Å². The normalized spacial score (nSPS) is 12.0. The SMILES string of the molecule is OCC#Cc1csc(COCc2ccc3c(c2)OCO3)c1. The van der Waals surface area contributed by atoms with Crippen LogP contribution in [0, 0.1) is 11.8 Å². The van der Waals surface area contributed by atoms with Gasteiger partial charge in [-0.25, -0.2) is 0 Å². The first-order chi connectivity index (χ1) is 10.3. The number of benzene rings is 1. The van der Waals surface area contributed by atoms with E-state index in [-0.39, 0.29) is 13.4 Å². The molecule has 1 aromatic carbocycles. The lowest BCUT2D eigenvalue weighted by molar-refractivity contribution is 0.109. The van der Waals surface area contributed by atoms with E-state index in [2.05, 4.69) is 11.8 Å². The van der Waals surface area contributed by atoms with Gasteiger partial charge < -0.3 is 19.3 Å². The number of ether oxygens (including phenoxy) is 3. The lowest BCUT2D eigenvalue weighted by Crippen LogP contribution is -1.93. The Morgan fingerprint density at radius 3 is 3.00 bits per heavy atom. The summed E-state index contributed by atoms with van der Waals surface area (Å²) in [5, 5.41) is 10.6. The molecule has 1 aromatic heterocycles. The molecule has 108 valence electrons. The van der Waals surface area contributed by atoms with E-state index in [1.54, 1.807) is 11.3 Å². The second-order valence-electron chi connectivity index (χ2n) is 4.44. The Morgan fingerprint density at radius 2 is 2.10 bits per heavy atom. The average molecular weight is 302 g/mol. The fourth-order valence-electron chi connectivity index (χ4n) is 1.96. The maximum Gasteiger partial charge on any atom is 0.231 e. The fourth-order valence-corrected chi connectivity index (χ4v) is 2.72. The van der Waals surface area contributed by atoms with E-state index in [4.69, 9.17) is 19.3 Å². The Kier molecular flexibility index (Phi) is 4.41. The number of hydrogen-bond acceptors (Lipinski definition) is 5. The highest BCUT2D eigenvalue weighted by Gasteiger charge is 2.13. The standard InChI is InChI=1S/C16H14O4S/c17-5-1-2-13-6-14(21-10-13)9-18-8-12-3-4-15-16(7-12)20-11-19-15/h3-4,6-7,10,17H,5,8-9,11H2. The molecule has 0 amide bonds. The van der Waals surface area contributed by atoms with E-state index in [9.17, 15) is 0 Å². The molecule has 0 spiro atoms. The number of fused-ring (bicyclic) bond motifs is 1. The van der Waals surface area contributed by atoms with Gasteiger partial charge in [0.15, 0.2) is 11.5 Å². The molecule has 1 N–H and O–H groups in total. The monoisotopic (exact) mass is 302 g/mol. The van der Waals surface area contributed by atoms with E-state index < -0.39 is 0 Å². The van der Waals surface area contributed by atoms with Crippen LogP contribution in [-0.4, -0.2) is 18.5 Å². The Labute approximate surface area is 126 Å². The molecule has 5 heteroatoms. The van der Waals surface area contributed by atoms with Gasteiger partial charge >= 0.3 is 0 Å². The molecule has 2 heterocycles. The van der Waals surface area contributed by atoms with Crippen molar-refractivity contribution in [2.75, 3.05) is 13.4 Å². The van der Waals surface area contributed by atoms with Crippen molar-refractivity contribution in [3.05, 3.63) is 45.6 Å². The number of aliphatic hydroxyl groups excluding tert-OH is 1. The van der Waals surface area contributed by atoms with Gasteiger partial charge in [0.25, 0.3) is 0 Å². The summed E-state index contributed by atoms with van der Waals surface area (Å²) >= 11 is 1.60. The van der Waals surface area contributed by atoms with Crippen molar-refractivity contribution in [1.29, 1.82) is 0 Å². The van der Waals surface area contributed by atoms with Crippen LogP contribution in [0.25, 0.3) is 0 Å². The number of hydrogen-bond donors (Lipinski definition) is 1. The summed E-state index contributed by atoms with van der Waals surface area (Å²) in [6, 6.07) is 7.79. The predicted molar refractivity (Wildman–Crippen MR) is 79.3 cm³/mol. The lowest BCUT2D eigenvalue weighted by atomic mass is 10.2. The molecule has 3 rings (SSSR count). The molecule has 0 bridgehead atoms. The van der Waals surface area contributed by atoms with Gasteiger partial charge in [0.1, 0.15) is 6.61 Å². The van der Waals surface area contributed by atoms with Crippen LogP contribution in [0.5, 0.6) is 11.5 Å². The van der Waals surface area contributed by atoms with E-state index in [1.165, 1.54) is 0 Å². The molecule has 0 aliphatic carbocycles. The molecule has 0 radical (unpaired) electrons. The molecule has 1 aliphatic rings. The third-order valence-corrected chi connectivity index (χ3v) is 3.83. The highest BCUT2D eigenvalue weighted by Crippen LogP contribution is 2.32. The van der Waals surface area contributed by atoms with Gasteiger partial charge in [0.05, 0.1) is 13.2 Å². The summed E-state index contributed by atoms with van der Waals surface area (Å²) in [6.07, 6.45) is 0. The van der Waals surface area contributed by atoms with Crippen LogP contribution >= 0.6 is 11.3 Å². The average Bonchev–Trinajstić information content (AvgIpc) is 3.13. The van der Waals surface area contributed by atoms with Gasteiger partial charge in [0, 0.05) is 15.8 Å². The van der Waals surface area contributed by atoms with Gasteiger partial charge in [-0.05, 0) is 23.8 Å². The third-order valence-electron chi connectivity index (χ3n) is 2.92. The minimum absolute atomic E-state index is 0.119. The summed E-state index contributed by atoms with van der Waals surface area (Å²) in [5.74, 6) is 7.06. The van der Waals surface area contributed by atoms with E-state index >= 15 is 0 Å². The maximum absolute atomic E-state index is 8.65. The first-order valence-corrected chi connectivity index (χ1v) is 7.36. The molecule has 0 saturated carbocycles. The quantitative estimate of drug-likeness (QED) is 0.882. The zero-order chi connectivity index (χ0) is 14.5. The minimum atomic E-state index is -0.119. The summed E-state index contributed by atoms with van der Waals surface area (Å²) in [6.45, 7) is 1.23. The van der Waals surface area contributed by atoms with Crippen molar-refractivity contribution in [1.82, 2.24) is 0 Å². The zero-order valence-corrected chi connectivity index (χ0v) is 12.1. The van der Waals surface area contributed by atoms with E-state index in [1.807, 2.05) is 29.6 Å². The molecule has 4 nitrogen and oxygen atoms in total. The van der Waals surface area contributed by atoms with Crippen molar-refractivity contribution < 1.29 is 19.3 Å². The summed E-state index contributed by atoms with van der Waals surface area (Å²) in [4.78, 5) is 1.11. The van der Waals surface area contributed by atoms with Crippen molar-refractivity contribution in [2.45, 2.75) is 13.2 Å². The largest absolute Gasteiger partial charge is 0.454 e. The van der Waals surface area contributed by atoms with Crippen molar-refractivity contribution in [2.24, 2.45) is 0 Å². The van der Waals surface area contributed by atoms with Crippen LogP contribution in [0.15, 0.2) is 29.6 Å². The first kappa shape index (κ1) is 14.0. The van der Waals surface area contributed by atoms with Crippen LogP contribution in [0.4, 0.5) is 0 Å². The number of thiophene rings is 1. The number of aliphatic hydroxyl groups is 1. The van der Waals surface area contributed by atoms with Crippen molar-refractivity contribution >= 4 is 11.3 Å². The second kappa shape index (κ2) is 6.64. The molecule has 0 saturated heterocycles. The highest BCUT2D eigenvalue weighted by atomic mass is 32.1. The summed E-state index contributed by atoms with van der Waals surface area (Å²) < 4.78 is 16.3. The third kappa shape index (κ3) is 3.56. The molecule has 1 aliphatic heterocycles. The molecule has 0 fully saturated rings. The topological polar surface area (TPSA) is 47.9 Å². The van der Waals surface area contributed by atoms with Crippen LogP contribution in [0.2, 0.25) is 0 Å². The molecule has 2 aromatic rings.